The number of fused-ring (bicyclic) bond motifs is 10. The molecule has 1 heterocycles. The summed E-state index contributed by atoms with van der Waals surface area (Å²) in [5.74, 6) is 0.744. The first-order chi connectivity index (χ1) is 29.7. The molecule has 0 amide bonds. The van der Waals surface area contributed by atoms with E-state index in [0.29, 0.717) is 0 Å². The highest BCUT2D eigenvalue weighted by atomic mass is 14.9. The summed E-state index contributed by atoms with van der Waals surface area (Å²) in [5, 5.41) is 0. The van der Waals surface area contributed by atoms with Gasteiger partial charge in [-0.1, -0.05) is 166 Å². The van der Waals surface area contributed by atoms with E-state index in [2.05, 4.69) is 152 Å². The van der Waals surface area contributed by atoms with Gasteiger partial charge in [0, 0.05) is 27.5 Å². The van der Waals surface area contributed by atoms with Crippen molar-refractivity contribution in [1.29, 1.82) is 0 Å². The van der Waals surface area contributed by atoms with Gasteiger partial charge in [-0.3, -0.25) is 0 Å². The van der Waals surface area contributed by atoms with Crippen LogP contribution in [0.15, 0.2) is 158 Å². The van der Waals surface area contributed by atoms with E-state index in [4.69, 9.17) is 9.97 Å². The van der Waals surface area contributed by atoms with Gasteiger partial charge < -0.3 is 0 Å². The second-order valence-corrected chi connectivity index (χ2v) is 18.2. The van der Waals surface area contributed by atoms with Gasteiger partial charge in [0.1, 0.15) is 0 Å². The fraction of sp³-hybridized carbons (Fsp3) is 0.241. The van der Waals surface area contributed by atoms with E-state index >= 15 is 0 Å². The van der Waals surface area contributed by atoms with Gasteiger partial charge >= 0.3 is 0 Å². The fourth-order valence-corrected chi connectivity index (χ4v) is 12.1. The predicted molar refractivity (Wildman–Crippen MR) is 249 cm³/mol. The second kappa shape index (κ2) is 14.3. The molecule has 0 aliphatic heterocycles. The van der Waals surface area contributed by atoms with Crippen molar-refractivity contribution >= 4 is 11.1 Å². The summed E-state index contributed by atoms with van der Waals surface area (Å²) in [7, 11) is 0. The molecule has 5 aliphatic carbocycles. The van der Waals surface area contributed by atoms with Crippen molar-refractivity contribution in [3.63, 3.8) is 0 Å². The lowest BCUT2D eigenvalue weighted by molar-refractivity contribution is 0.350. The van der Waals surface area contributed by atoms with Crippen molar-refractivity contribution in [3.8, 4) is 56.2 Å². The van der Waals surface area contributed by atoms with E-state index in [0.717, 1.165) is 46.7 Å². The Morgan fingerprint density at radius 3 is 1.67 bits per heavy atom. The summed E-state index contributed by atoms with van der Waals surface area (Å²) in [6.45, 7) is 0. The van der Waals surface area contributed by atoms with Crippen LogP contribution >= 0.6 is 0 Å². The lowest BCUT2D eigenvalue weighted by atomic mass is 9.66. The Kier molecular flexibility index (Phi) is 8.51. The Hall–Kier alpha value is -6.12. The smallest absolute Gasteiger partial charge is 0.160 e. The van der Waals surface area contributed by atoms with Crippen molar-refractivity contribution in [3.05, 3.63) is 191 Å². The van der Waals surface area contributed by atoms with Crippen LogP contribution in [0.3, 0.4) is 0 Å². The lowest BCUT2D eigenvalue weighted by Crippen LogP contribution is -2.29. The van der Waals surface area contributed by atoms with E-state index in [1.807, 2.05) is 6.07 Å². The van der Waals surface area contributed by atoms with Crippen molar-refractivity contribution in [2.24, 2.45) is 0 Å². The molecule has 2 saturated carbocycles. The van der Waals surface area contributed by atoms with Gasteiger partial charge in [0.15, 0.2) is 5.82 Å². The Labute approximate surface area is 354 Å². The van der Waals surface area contributed by atoms with E-state index in [1.165, 1.54) is 109 Å². The molecule has 0 bridgehead atoms. The molecule has 2 heteroatoms. The van der Waals surface area contributed by atoms with Crippen LogP contribution in [0.4, 0.5) is 0 Å². The average Bonchev–Trinajstić information content (AvgIpc) is 3.73. The molecule has 1 aromatic heterocycles. The van der Waals surface area contributed by atoms with E-state index < -0.39 is 0 Å². The monoisotopic (exact) mass is 774 g/mol. The third-order valence-corrected chi connectivity index (χ3v) is 15.0. The summed E-state index contributed by atoms with van der Waals surface area (Å²) >= 11 is 0. The highest BCUT2D eigenvalue weighted by Crippen LogP contribution is 2.62. The van der Waals surface area contributed by atoms with Gasteiger partial charge in [-0.25, -0.2) is 9.97 Å². The number of allylic oxidation sites excluding steroid dienone is 4. The number of nitrogens with zero attached hydrogens (tertiary/aromatic N) is 2. The van der Waals surface area contributed by atoms with Crippen LogP contribution in [-0.4, -0.2) is 9.97 Å². The van der Waals surface area contributed by atoms with Gasteiger partial charge in [0.25, 0.3) is 0 Å². The zero-order chi connectivity index (χ0) is 39.7. The zero-order valence-corrected chi connectivity index (χ0v) is 34.4. The lowest BCUT2D eigenvalue weighted by Gasteiger charge is -2.37. The minimum atomic E-state index is 0.127. The summed E-state index contributed by atoms with van der Waals surface area (Å²) in [5.41, 5.74) is 23.2. The van der Waals surface area contributed by atoms with Crippen LogP contribution in [-0.2, 0) is 10.8 Å². The summed E-state index contributed by atoms with van der Waals surface area (Å²) in [6, 6.07) is 54.4. The van der Waals surface area contributed by atoms with Crippen LogP contribution in [0, 0.1) is 0 Å². The van der Waals surface area contributed by atoms with Crippen LogP contribution in [0.1, 0.15) is 110 Å². The largest absolute Gasteiger partial charge is 0.228 e. The molecular weight excluding hydrogens is 725 g/mol. The quantitative estimate of drug-likeness (QED) is 0.174. The molecule has 0 atom stereocenters. The molecule has 5 aliphatic rings. The van der Waals surface area contributed by atoms with Crippen molar-refractivity contribution in [2.75, 3.05) is 0 Å². The molecule has 0 saturated heterocycles. The topological polar surface area (TPSA) is 25.8 Å². The fourth-order valence-electron chi connectivity index (χ4n) is 12.1. The maximum atomic E-state index is 5.15. The number of hydrogen-bond acceptors (Lipinski definition) is 2. The molecule has 292 valence electrons. The van der Waals surface area contributed by atoms with Crippen molar-refractivity contribution in [2.45, 2.75) is 87.9 Å². The number of benzene rings is 6. The molecular formula is C58H50N2. The Morgan fingerprint density at radius 1 is 0.383 bits per heavy atom. The maximum absolute atomic E-state index is 5.15. The average molecular weight is 775 g/mol. The molecule has 2 nitrogen and oxygen atoms in total. The standard InChI is InChI=1S/C58H50N2/c1-5-17-39(18-6-1)54-38-55(60-56(59-54)40-19-7-2-8-20-40)45-24-16-23-43(34-45)41-21-15-22-42(33-41)44-27-28-51-47(35-44)49-37-52-48(36-53(49)58(51)31-13-4-14-32-58)46-25-9-10-26-50(46)57(52)29-11-3-12-30-57/h1-2,5-10,16-21,23-28,33-38H,3-4,11-15,22,29-32H2. The molecule has 7 aromatic rings. The molecule has 60 heavy (non-hydrogen) atoms. The van der Waals surface area contributed by atoms with Crippen LogP contribution < -0.4 is 0 Å². The van der Waals surface area contributed by atoms with E-state index in [1.54, 1.807) is 22.3 Å². The van der Waals surface area contributed by atoms with Crippen molar-refractivity contribution in [1.82, 2.24) is 9.97 Å². The summed E-state index contributed by atoms with van der Waals surface area (Å²) in [6.07, 6.45) is 20.0. The molecule has 0 unspecified atom stereocenters. The first-order valence-corrected chi connectivity index (χ1v) is 22.6. The Bertz CT molecular complexity index is 2810. The minimum Gasteiger partial charge on any atom is -0.228 e. The molecule has 6 aromatic carbocycles. The van der Waals surface area contributed by atoms with E-state index in [-0.39, 0.29) is 10.8 Å². The van der Waals surface area contributed by atoms with Gasteiger partial charge in [0.2, 0.25) is 0 Å². The van der Waals surface area contributed by atoms with E-state index in [9.17, 15) is 0 Å². The molecule has 2 spiro atoms. The maximum Gasteiger partial charge on any atom is 0.160 e. The van der Waals surface area contributed by atoms with Crippen LogP contribution in [0.2, 0.25) is 0 Å². The van der Waals surface area contributed by atoms with Crippen LogP contribution in [0.25, 0.3) is 67.3 Å². The highest BCUT2D eigenvalue weighted by Gasteiger charge is 2.49. The molecule has 0 radical (unpaired) electrons. The zero-order valence-electron chi connectivity index (χ0n) is 34.4. The van der Waals surface area contributed by atoms with Gasteiger partial charge in [-0.05, 0) is 136 Å². The normalized spacial score (nSPS) is 18.0. The first-order valence-electron chi connectivity index (χ1n) is 22.6. The third kappa shape index (κ3) is 5.67. The van der Waals surface area contributed by atoms with Gasteiger partial charge in [-0.2, -0.15) is 0 Å². The predicted octanol–water partition coefficient (Wildman–Crippen LogP) is 15.2. The number of hydrogen-bond donors (Lipinski definition) is 0. The van der Waals surface area contributed by atoms with Gasteiger partial charge in [0.05, 0.1) is 11.4 Å². The highest BCUT2D eigenvalue weighted by molar-refractivity contribution is 5.93. The first kappa shape index (κ1) is 35.8. The van der Waals surface area contributed by atoms with Crippen LogP contribution in [0.5, 0.6) is 0 Å². The van der Waals surface area contributed by atoms with Crippen molar-refractivity contribution < 1.29 is 0 Å². The molecule has 0 N–H and O–H groups in total. The third-order valence-electron chi connectivity index (χ3n) is 15.0. The summed E-state index contributed by atoms with van der Waals surface area (Å²) < 4.78 is 0. The van der Waals surface area contributed by atoms with Gasteiger partial charge in [-0.15, -0.1) is 0 Å². The molecule has 2 fully saturated rings. The Balaban J connectivity index is 0.933. The Morgan fingerprint density at radius 2 is 0.950 bits per heavy atom. The summed E-state index contributed by atoms with van der Waals surface area (Å²) in [4.78, 5) is 10.2. The molecule has 12 rings (SSSR count). The number of aromatic nitrogens is 2. The number of rotatable bonds is 5. The minimum absolute atomic E-state index is 0.127. The SMILES string of the molecule is C1=C(c2cccc(-c3cc(-c4ccccc4)nc(-c4ccccc4)n3)c2)C=C(c2ccc3c(c2)-c2cc4c(cc2C32CCCCC2)-c2ccccc2C42CCCCC2)CC1. The second-order valence-electron chi connectivity index (χ2n) is 18.2.